The largest absolute Gasteiger partial charge is 0.425 e. The highest BCUT2D eigenvalue weighted by molar-refractivity contribution is 5.82. The number of fused-ring (bicyclic) bond motifs is 1. The summed E-state index contributed by atoms with van der Waals surface area (Å²) < 4.78 is 0.852. The maximum Gasteiger partial charge on any atom is 0.200 e. The second-order valence-corrected chi connectivity index (χ2v) is 2.70. The molecule has 0 fully saturated rings. The van der Waals surface area contributed by atoms with Gasteiger partial charge in [0.25, 0.3) is 0 Å². The monoisotopic (exact) mass is 194 g/mol. The van der Waals surface area contributed by atoms with Crippen LogP contribution in [0.1, 0.15) is 0 Å². The summed E-state index contributed by atoms with van der Waals surface area (Å²) in [7, 11) is 0. The highest BCUT2D eigenvalue weighted by atomic mass is 16.5. The molecule has 2 aromatic heterocycles. The molecule has 0 aliphatic carbocycles. The van der Waals surface area contributed by atoms with Crippen molar-refractivity contribution in [3.05, 3.63) is 12.7 Å². The Labute approximate surface area is 79.6 Å². The molecule has 0 atom stereocenters. The van der Waals surface area contributed by atoms with Gasteiger partial charge in [-0.15, -0.1) is 0 Å². The van der Waals surface area contributed by atoms with Crippen LogP contribution in [0.5, 0.6) is 0 Å². The summed E-state index contributed by atoms with van der Waals surface area (Å²) in [4.78, 5) is 11.8. The molecule has 0 spiro atoms. The van der Waals surface area contributed by atoms with Gasteiger partial charge in [0.1, 0.15) is 12.7 Å². The van der Waals surface area contributed by atoms with E-state index in [-0.39, 0.29) is 0 Å². The van der Waals surface area contributed by atoms with Crippen molar-refractivity contribution in [1.29, 1.82) is 0 Å². The molecule has 0 amide bonds. The van der Waals surface area contributed by atoms with Crippen molar-refractivity contribution in [3.63, 3.8) is 0 Å². The molecule has 4 N–H and O–H groups in total. The third-order valence-electron chi connectivity index (χ3n) is 1.75. The number of aromatic nitrogens is 4. The zero-order valence-electron chi connectivity index (χ0n) is 7.38. The molecule has 74 valence electrons. The minimum absolute atomic E-state index is 0.375. The smallest absolute Gasteiger partial charge is 0.200 e. The van der Waals surface area contributed by atoms with Gasteiger partial charge in [-0.3, -0.25) is 0 Å². The Hall–Kier alpha value is -1.89. The molecule has 2 heterocycles. The zero-order chi connectivity index (χ0) is 9.97. The number of anilines is 1. The minimum Gasteiger partial charge on any atom is -0.425 e. The lowest BCUT2D eigenvalue weighted by Gasteiger charge is -2.02. The predicted molar refractivity (Wildman–Crippen MR) is 50.1 cm³/mol. The first-order valence-corrected chi connectivity index (χ1v) is 4.14. The van der Waals surface area contributed by atoms with Crippen LogP contribution in [-0.2, 0) is 0 Å². The SMILES string of the molecule is NCCNc1ncnc2c1ncn2O. The third kappa shape index (κ3) is 1.33. The highest BCUT2D eigenvalue weighted by Gasteiger charge is 2.07. The quantitative estimate of drug-likeness (QED) is 0.566. The van der Waals surface area contributed by atoms with Gasteiger partial charge in [-0.2, -0.15) is 4.73 Å². The number of rotatable bonds is 3. The Morgan fingerprint density at radius 1 is 1.43 bits per heavy atom. The van der Waals surface area contributed by atoms with Gasteiger partial charge in [0.05, 0.1) is 0 Å². The second kappa shape index (κ2) is 3.46. The summed E-state index contributed by atoms with van der Waals surface area (Å²) in [6.07, 6.45) is 2.63. The molecule has 0 bridgehead atoms. The Morgan fingerprint density at radius 3 is 3.07 bits per heavy atom. The molecular weight excluding hydrogens is 184 g/mol. The van der Waals surface area contributed by atoms with Crippen molar-refractivity contribution in [1.82, 2.24) is 19.7 Å². The van der Waals surface area contributed by atoms with Crippen LogP contribution in [0.4, 0.5) is 5.82 Å². The summed E-state index contributed by atoms with van der Waals surface area (Å²) in [5.74, 6) is 0.577. The summed E-state index contributed by atoms with van der Waals surface area (Å²) >= 11 is 0. The Morgan fingerprint density at radius 2 is 2.29 bits per heavy atom. The van der Waals surface area contributed by atoms with Crippen LogP contribution in [0.25, 0.3) is 11.2 Å². The molecule has 0 unspecified atom stereocenters. The fourth-order valence-corrected chi connectivity index (χ4v) is 1.14. The Balaban J connectivity index is 2.44. The van der Waals surface area contributed by atoms with Crippen LogP contribution in [0, 0.1) is 0 Å². The van der Waals surface area contributed by atoms with Crippen molar-refractivity contribution in [2.45, 2.75) is 0 Å². The van der Waals surface area contributed by atoms with Crippen LogP contribution in [-0.4, -0.2) is 38.0 Å². The maximum absolute atomic E-state index is 9.27. The Bertz CT molecular complexity index is 439. The number of hydrogen-bond donors (Lipinski definition) is 3. The summed E-state index contributed by atoms with van der Waals surface area (Å²) in [5, 5.41) is 12.3. The topological polar surface area (TPSA) is 102 Å². The van der Waals surface area contributed by atoms with E-state index in [0.717, 1.165) is 4.73 Å². The summed E-state index contributed by atoms with van der Waals surface area (Å²) in [5.41, 5.74) is 6.25. The van der Waals surface area contributed by atoms with E-state index in [4.69, 9.17) is 5.73 Å². The fourth-order valence-electron chi connectivity index (χ4n) is 1.14. The van der Waals surface area contributed by atoms with E-state index in [1.54, 1.807) is 0 Å². The molecule has 2 aromatic rings. The van der Waals surface area contributed by atoms with Crippen LogP contribution in [0.3, 0.4) is 0 Å². The fraction of sp³-hybridized carbons (Fsp3) is 0.286. The van der Waals surface area contributed by atoms with E-state index in [0.29, 0.717) is 30.1 Å². The van der Waals surface area contributed by atoms with Crippen LogP contribution >= 0.6 is 0 Å². The molecular formula is C7H10N6O. The minimum atomic E-state index is 0.375. The van der Waals surface area contributed by atoms with E-state index < -0.39 is 0 Å². The number of nitrogens with zero attached hydrogens (tertiary/aromatic N) is 4. The number of nitrogens with two attached hydrogens (primary N) is 1. The number of nitrogens with one attached hydrogen (secondary N) is 1. The standard InChI is InChI=1S/C7H10N6O/c8-1-2-9-6-5-7(11-3-10-6)13(14)4-12-5/h3-4,14H,1-2,8H2,(H,9,10,11). The van der Waals surface area contributed by atoms with Crippen molar-refractivity contribution < 1.29 is 5.21 Å². The van der Waals surface area contributed by atoms with Gasteiger partial charge in [0, 0.05) is 13.1 Å². The molecule has 0 saturated heterocycles. The molecule has 0 aliphatic heterocycles. The zero-order valence-corrected chi connectivity index (χ0v) is 7.38. The van der Waals surface area contributed by atoms with E-state index in [2.05, 4.69) is 20.3 Å². The lowest BCUT2D eigenvalue weighted by Crippen LogP contribution is -2.14. The van der Waals surface area contributed by atoms with Gasteiger partial charge in [0.15, 0.2) is 11.3 Å². The third-order valence-corrected chi connectivity index (χ3v) is 1.75. The van der Waals surface area contributed by atoms with Crippen molar-refractivity contribution >= 4 is 17.0 Å². The molecule has 2 rings (SSSR count). The predicted octanol–water partition coefficient (Wildman–Crippen LogP) is -0.566. The lowest BCUT2D eigenvalue weighted by molar-refractivity contribution is 0.196. The molecule has 7 nitrogen and oxygen atoms in total. The molecule has 7 heteroatoms. The number of hydrogen-bond acceptors (Lipinski definition) is 6. The second-order valence-electron chi connectivity index (χ2n) is 2.70. The van der Waals surface area contributed by atoms with Gasteiger partial charge < -0.3 is 16.3 Å². The van der Waals surface area contributed by atoms with Crippen molar-refractivity contribution in [2.75, 3.05) is 18.4 Å². The normalized spacial score (nSPS) is 10.6. The lowest BCUT2D eigenvalue weighted by atomic mass is 10.5. The van der Waals surface area contributed by atoms with E-state index in [1.807, 2.05) is 0 Å². The average molecular weight is 194 g/mol. The van der Waals surface area contributed by atoms with E-state index >= 15 is 0 Å². The van der Waals surface area contributed by atoms with Gasteiger partial charge in [-0.1, -0.05) is 0 Å². The van der Waals surface area contributed by atoms with E-state index in [1.165, 1.54) is 12.7 Å². The average Bonchev–Trinajstić information content (AvgIpc) is 2.58. The van der Waals surface area contributed by atoms with E-state index in [9.17, 15) is 5.21 Å². The summed E-state index contributed by atoms with van der Waals surface area (Å²) in [6.45, 7) is 1.11. The molecule has 0 aromatic carbocycles. The van der Waals surface area contributed by atoms with Crippen LogP contribution < -0.4 is 11.1 Å². The van der Waals surface area contributed by atoms with Gasteiger partial charge in [-0.05, 0) is 0 Å². The van der Waals surface area contributed by atoms with Crippen molar-refractivity contribution in [3.8, 4) is 0 Å². The molecule has 0 saturated carbocycles. The van der Waals surface area contributed by atoms with Crippen LogP contribution in [0.15, 0.2) is 12.7 Å². The first-order valence-electron chi connectivity index (χ1n) is 4.14. The van der Waals surface area contributed by atoms with Gasteiger partial charge in [-0.25, -0.2) is 15.0 Å². The van der Waals surface area contributed by atoms with Crippen LogP contribution in [0.2, 0.25) is 0 Å². The van der Waals surface area contributed by atoms with Gasteiger partial charge in [0.2, 0.25) is 5.65 Å². The Kier molecular flexibility index (Phi) is 2.15. The first kappa shape index (κ1) is 8.70. The molecule has 0 aliphatic rings. The highest BCUT2D eigenvalue weighted by Crippen LogP contribution is 2.15. The van der Waals surface area contributed by atoms with Gasteiger partial charge >= 0.3 is 0 Å². The molecule has 14 heavy (non-hydrogen) atoms. The van der Waals surface area contributed by atoms with Crippen molar-refractivity contribution in [2.24, 2.45) is 5.73 Å². The maximum atomic E-state index is 9.27. The molecule has 0 radical (unpaired) electrons. The summed E-state index contributed by atoms with van der Waals surface area (Å²) in [6, 6.07) is 0. The number of imidazole rings is 1. The first-order chi connectivity index (χ1) is 6.83.